The van der Waals surface area contributed by atoms with Crippen LogP contribution in [0.1, 0.15) is 17.3 Å². The van der Waals surface area contributed by atoms with Crippen LogP contribution >= 0.6 is 0 Å². The van der Waals surface area contributed by atoms with Gasteiger partial charge in [0.2, 0.25) is 0 Å². The van der Waals surface area contributed by atoms with E-state index >= 15 is 0 Å². The van der Waals surface area contributed by atoms with Crippen molar-refractivity contribution in [2.24, 2.45) is 0 Å². The Morgan fingerprint density at radius 2 is 1.57 bits per heavy atom. The molecule has 0 atom stereocenters. The van der Waals surface area contributed by atoms with Crippen LogP contribution in [0.25, 0.3) is 0 Å². The van der Waals surface area contributed by atoms with Crippen LogP contribution in [0.4, 0.5) is 11.4 Å². The van der Waals surface area contributed by atoms with E-state index in [1.54, 1.807) is 42.5 Å². The first kappa shape index (κ1) is 19.4. The maximum Gasteiger partial charge on any atom is 0.261 e. The van der Waals surface area contributed by atoms with Gasteiger partial charge in [0.25, 0.3) is 15.9 Å². The van der Waals surface area contributed by atoms with Crippen LogP contribution in [0.15, 0.2) is 83.8 Å². The SMILES string of the molecule is CCOc1ccc(S(=O)(=O)Nc2cccc(C(=O)Nc3ccccc3)c2)cc1. The third-order valence-corrected chi connectivity index (χ3v) is 5.25. The quantitative estimate of drug-likeness (QED) is 0.629. The number of rotatable bonds is 7. The van der Waals surface area contributed by atoms with Crippen molar-refractivity contribution in [3.05, 3.63) is 84.4 Å². The van der Waals surface area contributed by atoms with Crippen molar-refractivity contribution in [2.45, 2.75) is 11.8 Å². The second-order valence-corrected chi connectivity index (χ2v) is 7.59. The molecule has 28 heavy (non-hydrogen) atoms. The van der Waals surface area contributed by atoms with Crippen LogP contribution in [0.2, 0.25) is 0 Å². The third-order valence-electron chi connectivity index (χ3n) is 3.85. The van der Waals surface area contributed by atoms with Gasteiger partial charge in [-0.1, -0.05) is 24.3 Å². The van der Waals surface area contributed by atoms with Gasteiger partial charge >= 0.3 is 0 Å². The zero-order valence-corrected chi connectivity index (χ0v) is 16.1. The maximum absolute atomic E-state index is 12.6. The highest BCUT2D eigenvalue weighted by Gasteiger charge is 2.15. The number of carbonyl (C=O) groups is 1. The van der Waals surface area contributed by atoms with Crippen LogP contribution in [-0.2, 0) is 10.0 Å². The number of hydrogen-bond acceptors (Lipinski definition) is 4. The monoisotopic (exact) mass is 396 g/mol. The van der Waals surface area contributed by atoms with Crippen molar-refractivity contribution in [3.63, 3.8) is 0 Å². The highest BCUT2D eigenvalue weighted by Crippen LogP contribution is 2.20. The maximum atomic E-state index is 12.6. The lowest BCUT2D eigenvalue weighted by Crippen LogP contribution is -2.15. The fourth-order valence-electron chi connectivity index (χ4n) is 2.54. The lowest BCUT2D eigenvalue weighted by Gasteiger charge is -2.11. The molecule has 0 saturated carbocycles. The Balaban J connectivity index is 1.75. The Kier molecular flexibility index (Phi) is 5.96. The molecule has 0 aliphatic carbocycles. The molecular formula is C21H20N2O4S. The van der Waals surface area contributed by atoms with Gasteiger partial charge in [-0.25, -0.2) is 8.42 Å². The molecule has 0 fully saturated rings. The predicted octanol–water partition coefficient (Wildman–Crippen LogP) is 4.14. The Labute approximate surface area is 164 Å². The molecule has 1 amide bonds. The number of para-hydroxylation sites is 1. The van der Waals surface area contributed by atoms with Gasteiger partial charge in [-0.3, -0.25) is 9.52 Å². The van der Waals surface area contributed by atoms with E-state index in [1.807, 2.05) is 25.1 Å². The number of ether oxygens (including phenoxy) is 1. The molecule has 0 aromatic heterocycles. The van der Waals surface area contributed by atoms with Crippen molar-refractivity contribution >= 4 is 27.3 Å². The minimum atomic E-state index is -3.78. The number of hydrogen-bond donors (Lipinski definition) is 2. The van der Waals surface area contributed by atoms with E-state index in [-0.39, 0.29) is 10.8 Å². The fourth-order valence-corrected chi connectivity index (χ4v) is 3.59. The van der Waals surface area contributed by atoms with Gasteiger partial charge in [0.05, 0.1) is 11.5 Å². The van der Waals surface area contributed by atoms with Gasteiger partial charge in [0.1, 0.15) is 5.75 Å². The molecule has 0 aliphatic rings. The van der Waals surface area contributed by atoms with E-state index in [0.29, 0.717) is 29.3 Å². The summed E-state index contributed by atoms with van der Waals surface area (Å²) in [6.07, 6.45) is 0. The molecule has 144 valence electrons. The van der Waals surface area contributed by atoms with Crippen molar-refractivity contribution in [2.75, 3.05) is 16.6 Å². The molecule has 0 radical (unpaired) electrons. The van der Waals surface area contributed by atoms with Gasteiger partial charge in [0, 0.05) is 16.9 Å². The average Bonchev–Trinajstić information content (AvgIpc) is 2.69. The normalized spacial score (nSPS) is 10.9. The first-order chi connectivity index (χ1) is 13.5. The Morgan fingerprint density at radius 3 is 2.25 bits per heavy atom. The number of amides is 1. The molecular weight excluding hydrogens is 376 g/mol. The number of anilines is 2. The number of carbonyl (C=O) groups excluding carboxylic acids is 1. The van der Waals surface area contributed by atoms with E-state index in [2.05, 4.69) is 10.0 Å². The van der Waals surface area contributed by atoms with Crippen molar-refractivity contribution < 1.29 is 17.9 Å². The van der Waals surface area contributed by atoms with Crippen molar-refractivity contribution in [1.82, 2.24) is 0 Å². The lowest BCUT2D eigenvalue weighted by atomic mass is 10.2. The predicted molar refractivity (Wildman–Crippen MR) is 109 cm³/mol. The zero-order valence-electron chi connectivity index (χ0n) is 15.3. The summed E-state index contributed by atoms with van der Waals surface area (Å²) < 4.78 is 33.0. The molecule has 3 aromatic rings. The number of sulfonamides is 1. The zero-order chi connectivity index (χ0) is 20.0. The number of benzene rings is 3. The molecule has 7 heteroatoms. The smallest absolute Gasteiger partial charge is 0.261 e. The first-order valence-corrected chi connectivity index (χ1v) is 10.2. The van der Waals surface area contributed by atoms with Crippen LogP contribution in [0.5, 0.6) is 5.75 Å². The molecule has 0 unspecified atom stereocenters. The summed E-state index contributed by atoms with van der Waals surface area (Å²) in [5, 5.41) is 2.77. The molecule has 0 bridgehead atoms. The highest BCUT2D eigenvalue weighted by atomic mass is 32.2. The molecule has 3 aromatic carbocycles. The molecule has 3 rings (SSSR count). The van der Waals surface area contributed by atoms with Crippen LogP contribution in [0.3, 0.4) is 0 Å². The first-order valence-electron chi connectivity index (χ1n) is 8.70. The van der Waals surface area contributed by atoms with E-state index in [4.69, 9.17) is 4.74 Å². The second kappa shape index (κ2) is 8.58. The Hall–Kier alpha value is -3.32. The standard InChI is InChI=1S/C21H20N2O4S/c1-2-27-19-11-13-20(14-12-19)28(25,26)23-18-10-6-7-16(15-18)21(24)22-17-8-4-3-5-9-17/h3-15,23H,2H2,1H3,(H,22,24). The van der Waals surface area contributed by atoms with E-state index in [0.717, 1.165) is 0 Å². The summed E-state index contributed by atoms with van der Waals surface area (Å²) in [6.45, 7) is 2.36. The van der Waals surface area contributed by atoms with E-state index < -0.39 is 10.0 Å². The number of nitrogens with one attached hydrogen (secondary N) is 2. The van der Waals surface area contributed by atoms with Crippen LogP contribution in [-0.4, -0.2) is 20.9 Å². The molecule has 6 nitrogen and oxygen atoms in total. The third kappa shape index (κ3) is 4.89. The topological polar surface area (TPSA) is 84.5 Å². The minimum absolute atomic E-state index is 0.107. The lowest BCUT2D eigenvalue weighted by molar-refractivity contribution is 0.102. The summed E-state index contributed by atoms with van der Waals surface area (Å²) in [4.78, 5) is 12.5. The Bertz CT molecular complexity index is 1050. The molecule has 0 spiro atoms. The summed E-state index contributed by atoms with van der Waals surface area (Å²) >= 11 is 0. The fraction of sp³-hybridized carbons (Fsp3) is 0.0952. The molecule has 2 N–H and O–H groups in total. The van der Waals surface area contributed by atoms with Gasteiger partial charge in [-0.05, 0) is 61.5 Å². The van der Waals surface area contributed by atoms with E-state index in [1.165, 1.54) is 18.2 Å². The van der Waals surface area contributed by atoms with Crippen LogP contribution < -0.4 is 14.8 Å². The van der Waals surface area contributed by atoms with Gasteiger partial charge < -0.3 is 10.1 Å². The van der Waals surface area contributed by atoms with Crippen molar-refractivity contribution in [3.8, 4) is 5.75 Å². The largest absolute Gasteiger partial charge is 0.494 e. The van der Waals surface area contributed by atoms with Gasteiger partial charge in [0.15, 0.2) is 0 Å². The van der Waals surface area contributed by atoms with Crippen LogP contribution in [0, 0.1) is 0 Å². The Morgan fingerprint density at radius 1 is 0.893 bits per heavy atom. The summed E-state index contributed by atoms with van der Waals surface area (Å²) in [6, 6.07) is 21.5. The molecule has 0 heterocycles. The van der Waals surface area contributed by atoms with E-state index in [9.17, 15) is 13.2 Å². The van der Waals surface area contributed by atoms with Gasteiger partial charge in [-0.15, -0.1) is 0 Å². The summed E-state index contributed by atoms with van der Waals surface area (Å²) in [5.74, 6) is 0.273. The average molecular weight is 396 g/mol. The summed E-state index contributed by atoms with van der Waals surface area (Å²) in [5.41, 5.74) is 1.30. The highest BCUT2D eigenvalue weighted by molar-refractivity contribution is 7.92. The molecule has 0 saturated heterocycles. The summed E-state index contributed by atoms with van der Waals surface area (Å²) in [7, 11) is -3.78. The van der Waals surface area contributed by atoms with Crippen molar-refractivity contribution in [1.29, 1.82) is 0 Å². The minimum Gasteiger partial charge on any atom is -0.494 e. The second-order valence-electron chi connectivity index (χ2n) is 5.91. The molecule has 0 aliphatic heterocycles. The van der Waals surface area contributed by atoms with Gasteiger partial charge in [-0.2, -0.15) is 0 Å².